The van der Waals surface area contributed by atoms with Gasteiger partial charge in [-0.2, -0.15) is 0 Å². The van der Waals surface area contributed by atoms with E-state index in [1.165, 1.54) is 0 Å². The Balaban J connectivity index is -0.0000000150. The molecule has 0 fully saturated rings. The molecule has 0 saturated heterocycles. The normalized spacial score (nSPS) is 3.43. The Morgan fingerprint density at radius 1 is 1.29 bits per heavy atom. The van der Waals surface area contributed by atoms with E-state index in [0.29, 0.717) is 0 Å². The third-order valence-corrected chi connectivity index (χ3v) is 0. The number of carboxylic acid groups (broad SMARTS) is 2. The zero-order chi connectivity index (χ0) is 3.58. The molecule has 0 amide bonds. The minimum Gasteiger partial charge on any atom is 0 e. The number of hydrogen-bond acceptors (Lipinski definition) is 1. The van der Waals surface area contributed by atoms with Crippen LogP contribution in [0, 0.1) is 41.3 Å². The van der Waals surface area contributed by atoms with Crippen LogP contribution in [0.25, 0.3) is 0 Å². The van der Waals surface area contributed by atoms with E-state index in [1.54, 1.807) is 0 Å². The first-order valence-corrected chi connectivity index (χ1v) is 0.651. The van der Waals surface area contributed by atoms with Crippen molar-refractivity contribution in [3.8, 4) is 0 Å². The van der Waals surface area contributed by atoms with Gasteiger partial charge in [-0.1, -0.05) is 0 Å². The summed E-state index contributed by atoms with van der Waals surface area (Å²) in [6, 6.07) is 0. The van der Waals surface area contributed by atoms with Gasteiger partial charge in [0.15, 0.2) is 17.4 Å². The molecule has 1 radical (unpaired) electrons. The Morgan fingerprint density at radius 3 is 1.29 bits per heavy atom. The van der Waals surface area contributed by atoms with Crippen LogP contribution in [0.3, 0.4) is 0 Å². The van der Waals surface area contributed by atoms with Gasteiger partial charge in [0.1, 0.15) is 0 Å². The van der Waals surface area contributed by atoms with Crippen LogP contribution in [-0.2, 0) is 0 Å². The maximum Gasteiger partial charge on any atom is 0 e. The average molecular weight is 275 g/mol. The van der Waals surface area contributed by atoms with Crippen LogP contribution >= 0.6 is 0 Å². The van der Waals surface area contributed by atoms with Crippen LogP contribution in [-0.4, -0.2) is 71.5 Å². The summed E-state index contributed by atoms with van der Waals surface area (Å²) in [5.74, 6) is 0. The van der Waals surface area contributed by atoms with Gasteiger partial charge in [-0.05, 0) is 0 Å². The van der Waals surface area contributed by atoms with Crippen molar-refractivity contribution in [3.63, 3.8) is 0 Å². The fourth-order valence-electron chi connectivity index (χ4n) is 0. The molecule has 0 aliphatic rings. The summed E-state index contributed by atoms with van der Waals surface area (Å²) >= 11 is 0. The maximum absolute atomic E-state index is 8.56. The summed E-state index contributed by atoms with van der Waals surface area (Å²) in [6.07, 6.45) is -1.83. The molecule has 37 valence electrons. The zero-order valence-corrected chi connectivity index (χ0v) is 6.08. The Hall–Kier alpha value is 2.43. The molecular weight excluding hydrogens is 268 g/mol. The molecule has 0 unspecified atom stereocenters. The second-order valence-electron chi connectivity index (χ2n) is 0.283. The fourth-order valence-corrected chi connectivity index (χ4v) is 0. The SMILES string of the molecule is O=C(O)O.[AlH3].[CaH2].[Pr]. The molecule has 0 aromatic rings. The van der Waals surface area contributed by atoms with E-state index in [9.17, 15) is 0 Å². The van der Waals surface area contributed by atoms with Crippen molar-refractivity contribution in [1.29, 1.82) is 0 Å². The Bertz CT molecular complexity index is 37.9. The average Bonchev–Trinajstić information content (AvgIpc) is 0.811. The Kier molecular flexibility index (Phi) is 51.2. The monoisotopic (exact) mass is 275 g/mol. The molecule has 6 heteroatoms. The van der Waals surface area contributed by atoms with Gasteiger partial charge in [0.25, 0.3) is 0 Å². The Labute approximate surface area is 115 Å². The van der Waals surface area contributed by atoms with E-state index in [4.69, 9.17) is 15.0 Å². The molecular formula is CH7AlCaO3Pr. The van der Waals surface area contributed by atoms with E-state index < -0.39 is 6.16 Å². The van der Waals surface area contributed by atoms with Crippen LogP contribution in [0.2, 0.25) is 0 Å². The van der Waals surface area contributed by atoms with E-state index in [2.05, 4.69) is 0 Å². The van der Waals surface area contributed by atoms with E-state index >= 15 is 0 Å². The van der Waals surface area contributed by atoms with Gasteiger partial charge in [-0.25, -0.2) is 4.79 Å². The molecule has 0 rings (SSSR count). The third-order valence-electron chi connectivity index (χ3n) is 0. The topological polar surface area (TPSA) is 57.5 Å². The molecule has 0 saturated carbocycles. The molecule has 7 heavy (non-hydrogen) atoms. The van der Waals surface area contributed by atoms with Gasteiger partial charge in [-0.15, -0.1) is 0 Å². The molecule has 0 aliphatic heterocycles. The van der Waals surface area contributed by atoms with Crippen LogP contribution in [0.4, 0.5) is 4.79 Å². The van der Waals surface area contributed by atoms with Crippen molar-refractivity contribution in [2.45, 2.75) is 0 Å². The van der Waals surface area contributed by atoms with E-state index in [-0.39, 0.29) is 96.4 Å². The van der Waals surface area contributed by atoms with Crippen molar-refractivity contribution in [1.82, 2.24) is 0 Å². The molecule has 0 heterocycles. The molecule has 0 atom stereocenters. The summed E-state index contributed by atoms with van der Waals surface area (Å²) in [6.45, 7) is 0. The second-order valence-corrected chi connectivity index (χ2v) is 0.283. The summed E-state index contributed by atoms with van der Waals surface area (Å²) in [5, 5.41) is 13.9. The number of carbonyl (C=O) groups is 1. The van der Waals surface area contributed by atoms with Crippen LogP contribution in [0.1, 0.15) is 0 Å². The minimum atomic E-state index is -1.83. The number of hydrogen-bond donors (Lipinski definition) is 2. The molecule has 0 bridgehead atoms. The van der Waals surface area contributed by atoms with Crippen molar-refractivity contribution in [2.75, 3.05) is 0 Å². The molecule has 3 nitrogen and oxygen atoms in total. The van der Waals surface area contributed by atoms with Crippen molar-refractivity contribution < 1.29 is 56.3 Å². The quantitative estimate of drug-likeness (QED) is 0.509. The maximum atomic E-state index is 8.56. The van der Waals surface area contributed by atoms with Gasteiger partial charge in [0, 0.05) is 41.3 Å². The first kappa shape index (κ1) is 22.7. The van der Waals surface area contributed by atoms with E-state index in [1.807, 2.05) is 0 Å². The number of rotatable bonds is 0. The summed E-state index contributed by atoms with van der Waals surface area (Å²) in [5.41, 5.74) is 0. The van der Waals surface area contributed by atoms with Crippen LogP contribution < -0.4 is 0 Å². The smallest absolute Gasteiger partial charge is 0 e. The van der Waals surface area contributed by atoms with Gasteiger partial charge in [0.2, 0.25) is 0 Å². The van der Waals surface area contributed by atoms with Crippen LogP contribution in [0.5, 0.6) is 0 Å². The van der Waals surface area contributed by atoms with Crippen LogP contribution in [0.15, 0.2) is 0 Å². The van der Waals surface area contributed by atoms with Crippen molar-refractivity contribution in [2.24, 2.45) is 0 Å². The molecule has 0 aliphatic carbocycles. The molecule has 2 N–H and O–H groups in total. The predicted octanol–water partition coefficient (Wildman–Crippen LogP) is -1.88. The molecule has 0 aromatic carbocycles. The summed E-state index contributed by atoms with van der Waals surface area (Å²) < 4.78 is 0. The van der Waals surface area contributed by atoms with Gasteiger partial charge >= 0.3 is 43.9 Å². The van der Waals surface area contributed by atoms with Gasteiger partial charge in [0.05, 0.1) is 0 Å². The zero-order valence-electron chi connectivity index (χ0n) is 2.38. The molecule has 0 spiro atoms. The van der Waals surface area contributed by atoms with Crippen molar-refractivity contribution in [3.05, 3.63) is 0 Å². The van der Waals surface area contributed by atoms with Gasteiger partial charge in [-0.3, -0.25) is 0 Å². The summed E-state index contributed by atoms with van der Waals surface area (Å²) in [7, 11) is 0. The third kappa shape index (κ3) is 59.1. The largest absolute Gasteiger partial charge is 0 e. The van der Waals surface area contributed by atoms with E-state index in [0.717, 1.165) is 0 Å². The second kappa shape index (κ2) is 15.8. The summed E-state index contributed by atoms with van der Waals surface area (Å²) in [4.78, 5) is 8.56. The fraction of sp³-hybridized carbons (Fsp3) is 0. The van der Waals surface area contributed by atoms with Gasteiger partial charge < -0.3 is 10.2 Å². The predicted molar refractivity (Wildman–Crippen MR) is 29.1 cm³/mol. The first-order chi connectivity index (χ1) is 1.73. The minimum absolute atomic E-state index is 0. The Morgan fingerprint density at radius 2 is 1.29 bits per heavy atom. The molecule has 0 aromatic heterocycles. The first-order valence-electron chi connectivity index (χ1n) is 0.651. The standard InChI is InChI=1S/CH2O3.Al.Ca.Pr.5H/c2-1(3)4;;;;;;;;/h(H2,2,3,4);;;;;;;;. The van der Waals surface area contributed by atoms with Crippen molar-refractivity contribution >= 4 is 61.3 Å².